The second-order valence-electron chi connectivity index (χ2n) is 7.07. The summed E-state index contributed by atoms with van der Waals surface area (Å²) in [6, 6.07) is 16.0. The first-order valence-corrected chi connectivity index (χ1v) is 10.9. The Bertz CT molecular complexity index is 951. The predicted molar refractivity (Wildman–Crippen MR) is 113 cm³/mol. The minimum absolute atomic E-state index is 0.131. The first-order valence-electron chi connectivity index (χ1n) is 9.90. The third-order valence-corrected chi connectivity index (χ3v) is 5.95. The van der Waals surface area contributed by atoms with E-state index in [2.05, 4.69) is 10.2 Å². The van der Waals surface area contributed by atoms with Crippen LogP contribution in [0.25, 0.3) is 17.1 Å². The molecule has 0 bridgehead atoms. The number of nitrogens with zero attached hydrogens (tertiary/aromatic N) is 4. The number of hydrogen-bond donors (Lipinski definition) is 0. The number of carbonyl (C=O) groups excluding carboxylic acids is 1. The molecule has 2 heterocycles. The summed E-state index contributed by atoms with van der Waals surface area (Å²) in [5.74, 6) is 0.816. The Balaban J connectivity index is 1.60. The summed E-state index contributed by atoms with van der Waals surface area (Å²) in [5.41, 5.74) is 1.68. The molecule has 0 saturated carbocycles. The fourth-order valence-electron chi connectivity index (χ4n) is 3.50. The van der Waals surface area contributed by atoms with E-state index >= 15 is 0 Å². The van der Waals surface area contributed by atoms with Crippen LogP contribution >= 0.6 is 11.8 Å². The van der Waals surface area contributed by atoms with Gasteiger partial charge in [0.1, 0.15) is 5.82 Å². The third-order valence-electron chi connectivity index (χ3n) is 5.03. The van der Waals surface area contributed by atoms with Crippen molar-refractivity contribution in [2.24, 2.45) is 0 Å². The van der Waals surface area contributed by atoms with Crippen LogP contribution in [0, 0.1) is 5.82 Å². The fourth-order valence-corrected chi connectivity index (χ4v) is 4.35. The Morgan fingerprint density at radius 2 is 1.62 bits per heavy atom. The number of rotatable bonds is 5. The van der Waals surface area contributed by atoms with Gasteiger partial charge in [-0.3, -0.25) is 9.36 Å². The largest absolute Gasteiger partial charge is 0.342 e. The molecule has 1 fully saturated rings. The highest BCUT2D eigenvalue weighted by Gasteiger charge is 2.20. The lowest BCUT2D eigenvalue weighted by molar-refractivity contribution is -0.128. The smallest absolute Gasteiger partial charge is 0.233 e. The van der Waals surface area contributed by atoms with Gasteiger partial charge in [-0.05, 0) is 37.1 Å². The first-order chi connectivity index (χ1) is 14.2. The standard InChI is InChI=1S/C22H23FN4OS/c23-18-10-12-19(13-11-18)27-21(17-8-4-3-5-9-17)24-25-22(27)29-16-20(28)26-14-6-1-2-7-15-26/h3-5,8-13H,1-2,6-7,14-16H2. The highest BCUT2D eigenvalue weighted by Crippen LogP contribution is 2.28. The molecule has 29 heavy (non-hydrogen) atoms. The van der Waals surface area contributed by atoms with Crippen LogP contribution < -0.4 is 0 Å². The molecule has 2 aromatic carbocycles. The number of carbonyl (C=O) groups is 1. The minimum Gasteiger partial charge on any atom is -0.342 e. The highest BCUT2D eigenvalue weighted by molar-refractivity contribution is 7.99. The first kappa shape index (κ1) is 19.6. The van der Waals surface area contributed by atoms with Crippen LogP contribution in [0.2, 0.25) is 0 Å². The zero-order valence-electron chi connectivity index (χ0n) is 16.1. The summed E-state index contributed by atoms with van der Waals surface area (Å²) >= 11 is 1.37. The van der Waals surface area contributed by atoms with Crippen LogP contribution in [0.4, 0.5) is 4.39 Å². The van der Waals surface area contributed by atoms with Crippen molar-refractivity contribution < 1.29 is 9.18 Å². The van der Waals surface area contributed by atoms with E-state index in [0.717, 1.165) is 37.2 Å². The molecule has 1 aliphatic heterocycles. The van der Waals surface area contributed by atoms with Gasteiger partial charge in [0.25, 0.3) is 0 Å². The molecule has 0 unspecified atom stereocenters. The van der Waals surface area contributed by atoms with E-state index in [-0.39, 0.29) is 11.7 Å². The Labute approximate surface area is 173 Å². The average molecular weight is 411 g/mol. The second-order valence-corrected chi connectivity index (χ2v) is 8.01. The molecule has 0 atom stereocenters. The van der Waals surface area contributed by atoms with Gasteiger partial charge in [0.15, 0.2) is 11.0 Å². The van der Waals surface area contributed by atoms with Gasteiger partial charge in [0.2, 0.25) is 5.91 Å². The molecule has 1 saturated heterocycles. The summed E-state index contributed by atoms with van der Waals surface area (Å²) < 4.78 is 15.3. The summed E-state index contributed by atoms with van der Waals surface area (Å²) in [6.07, 6.45) is 4.52. The Morgan fingerprint density at radius 1 is 0.931 bits per heavy atom. The van der Waals surface area contributed by atoms with E-state index in [1.54, 1.807) is 12.1 Å². The van der Waals surface area contributed by atoms with Crippen LogP contribution in [0.5, 0.6) is 0 Å². The lowest BCUT2D eigenvalue weighted by Crippen LogP contribution is -2.33. The molecule has 150 valence electrons. The van der Waals surface area contributed by atoms with E-state index in [1.807, 2.05) is 39.8 Å². The van der Waals surface area contributed by atoms with Crippen LogP contribution in [0.3, 0.4) is 0 Å². The maximum Gasteiger partial charge on any atom is 0.233 e. The Morgan fingerprint density at radius 3 is 2.31 bits per heavy atom. The van der Waals surface area contributed by atoms with Crippen molar-refractivity contribution in [1.29, 1.82) is 0 Å². The maximum atomic E-state index is 13.4. The number of amides is 1. The highest BCUT2D eigenvalue weighted by atomic mass is 32.2. The number of hydrogen-bond acceptors (Lipinski definition) is 4. The van der Waals surface area contributed by atoms with Gasteiger partial charge < -0.3 is 4.90 Å². The zero-order chi connectivity index (χ0) is 20.1. The average Bonchev–Trinajstić information content (AvgIpc) is 2.98. The quantitative estimate of drug-likeness (QED) is 0.578. The maximum absolute atomic E-state index is 13.4. The molecule has 1 aliphatic rings. The van der Waals surface area contributed by atoms with Crippen molar-refractivity contribution in [1.82, 2.24) is 19.7 Å². The molecule has 4 rings (SSSR count). The molecule has 0 radical (unpaired) electrons. The van der Waals surface area contributed by atoms with Crippen LogP contribution in [-0.4, -0.2) is 44.4 Å². The SMILES string of the molecule is O=C(CSc1nnc(-c2ccccc2)n1-c1ccc(F)cc1)N1CCCCCC1. The van der Waals surface area contributed by atoms with Gasteiger partial charge in [0.05, 0.1) is 5.75 Å². The molecule has 1 aromatic heterocycles. The fraction of sp³-hybridized carbons (Fsp3) is 0.318. The van der Waals surface area contributed by atoms with Crippen molar-refractivity contribution >= 4 is 17.7 Å². The summed E-state index contributed by atoms with van der Waals surface area (Å²) in [6.45, 7) is 1.67. The van der Waals surface area contributed by atoms with Gasteiger partial charge in [0, 0.05) is 24.3 Å². The van der Waals surface area contributed by atoms with Crippen molar-refractivity contribution in [3.05, 3.63) is 60.4 Å². The van der Waals surface area contributed by atoms with E-state index in [0.29, 0.717) is 16.7 Å². The molecule has 5 nitrogen and oxygen atoms in total. The lowest BCUT2D eigenvalue weighted by atomic mass is 10.2. The third kappa shape index (κ3) is 4.67. The Hall–Kier alpha value is -2.67. The molecular weight excluding hydrogens is 387 g/mol. The van der Waals surface area contributed by atoms with Crippen molar-refractivity contribution in [3.63, 3.8) is 0 Å². The molecule has 3 aromatic rings. The van der Waals surface area contributed by atoms with E-state index in [4.69, 9.17) is 0 Å². The monoisotopic (exact) mass is 410 g/mol. The molecule has 1 amide bonds. The molecule has 0 aliphatic carbocycles. The van der Waals surface area contributed by atoms with Crippen LogP contribution in [-0.2, 0) is 4.79 Å². The number of aromatic nitrogens is 3. The molecule has 0 N–H and O–H groups in total. The summed E-state index contributed by atoms with van der Waals surface area (Å²) in [5, 5.41) is 9.33. The number of halogens is 1. The zero-order valence-corrected chi connectivity index (χ0v) is 16.9. The predicted octanol–water partition coefficient (Wildman–Crippen LogP) is 4.57. The molecule has 0 spiro atoms. The van der Waals surface area contributed by atoms with E-state index in [9.17, 15) is 9.18 Å². The van der Waals surface area contributed by atoms with Crippen LogP contribution in [0.15, 0.2) is 59.8 Å². The van der Waals surface area contributed by atoms with E-state index < -0.39 is 0 Å². The second kappa shape index (κ2) is 9.22. The number of benzene rings is 2. The summed E-state index contributed by atoms with van der Waals surface area (Å²) in [7, 11) is 0. The van der Waals surface area contributed by atoms with Crippen molar-refractivity contribution in [2.75, 3.05) is 18.8 Å². The molecule has 7 heteroatoms. The van der Waals surface area contributed by atoms with E-state index in [1.165, 1.54) is 36.7 Å². The van der Waals surface area contributed by atoms with Gasteiger partial charge in [-0.2, -0.15) is 0 Å². The number of likely N-dealkylation sites (tertiary alicyclic amines) is 1. The normalized spacial score (nSPS) is 14.6. The lowest BCUT2D eigenvalue weighted by Gasteiger charge is -2.20. The van der Waals surface area contributed by atoms with Gasteiger partial charge in [-0.15, -0.1) is 10.2 Å². The Kier molecular flexibility index (Phi) is 6.24. The van der Waals surface area contributed by atoms with Gasteiger partial charge >= 0.3 is 0 Å². The van der Waals surface area contributed by atoms with Crippen molar-refractivity contribution in [3.8, 4) is 17.1 Å². The summed E-state index contributed by atoms with van der Waals surface area (Å²) in [4.78, 5) is 14.6. The van der Waals surface area contributed by atoms with Crippen LogP contribution in [0.1, 0.15) is 25.7 Å². The van der Waals surface area contributed by atoms with Gasteiger partial charge in [-0.25, -0.2) is 4.39 Å². The topological polar surface area (TPSA) is 51.0 Å². The minimum atomic E-state index is -0.298. The van der Waals surface area contributed by atoms with Crippen molar-refractivity contribution in [2.45, 2.75) is 30.8 Å². The number of thioether (sulfide) groups is 1. The van der Waals surface area contributed by atoms with Gasteiger partial charge in [-0.1, -0.05) is 54.9 Å². The molecular formula is C22H23FN4OS.